The van der Waals surface area contributed by atoms with Crippen LogP contribution in [-0.4, -0.2) is 29.7 Å². The van der Waals surface area contributed by atoms with Crippen molar-refractivity contribution in [3.8, 4) is 17.6 Å². The molecule has 0 spiro atoms. The molecule has 0 radical (unpaired) electrons. The van der Waals surface area contributed by atoms with Gasteiger partial charge in [0, 0.05) is 0 Å². The predicted octanol–water partition coefficient (Wildman–Crippen LogP) is 2.67. The second-order valence-electron chi connectivity index (χ2n) is 5.85. The molecule has 0 aliphatic carbocycles. The van der Waals surface area contributed by atoms with Gasteiger partial charge in [-0.05, 0) is 43.7 Å². The first kappa shape index (κ1) is 19.8. The molecular formula is C20H20N2O5. The molecule has 0 saturated heterocycles. The normalized spacial score (nSPS) is 12.3. The van der Waals surface area contributed by atoms with E-state index in [1.54, 1.807) is 55.5 Å². The quantitative estimate of drug-likeness (QED) is 0.741. The maximum Gasteiger partial charge on any atom is 0.341 e. The Labute approximate surface area is 157 Å². The van der Waals surface area contributed by atoms with E-state index < -0.39 is 18.7 Å². The van der Waals surface area contributed by atoms with Gasteiger partial charge in [0.05, 0.1) is 11.6 Å². The number of carboxylic acids is 1. The first-order valence-corrected chi connectivity index (χ1v) is 8.31. The van der Waals surface area contributed by atoms with Gasteiger partial charge < -0.3 is 19.9 Å². The first-order chi connectivity index (χ1) is 12.9. The molecule has 2 unspecified atom stereocenters. The lowest BCUT2D eigenvalue weighted by Gasteiger charge is -2.19. The van der Waals surface area contributed by atoms with Crippen molar-refractivity contribution >= 4 is 11.9 Å². The predicted molar refractivity (Wildman–Crippen MR) is 97.4 cm³/mol. The molecule has 0 fully saturated rings. The Morgan fingerprint density at radius 3 is 2.44 bits per heavy atom. The van der Waals surface area contributed by atoms with Crippen LogP contribution in [-0.2, 0) is 9.59 Å². The van der Waals surface area contributed by atoms with Gasteiger partial charge in [-0.25, -0.2) is 4.79 Å². The van der Waals surface area contributed by atoms with Crippen LogP contribution in [0.2, 0.25) is 0 Å². The minimum atomic E-state index is -1.05. The Morgan fingerprint density at radius 1 is 1.15 bits per heavy atom. The molecule has 140 valence electrons. The number of carbonyl (C=O) groups excluding carboxylic acids is 1. The number of benzene rings is 2. The summed E-state index contributed by atoms with van der Waals surface area (Å²) < 4.78 is 10.7. The first-order valence-electron chi connectivity index (χ1n) is 8.31. The molecule has 2 atom stereocenters. The van der Waals surface area contributed by atoms with E-state index in [-0.39, 0.29) is 11.9 Å². The summed E-state index contributed by atoms with van der Waals surface area (Å²) in [5.41, 5.74) is 1.19. The standard InChI is InChI=1S/C20H20N2O5/c1-13(15-7-9-17(10-8-15)26-12-19(23)24)22-20(25)14(2)27-18-6-4-3-5-16(18)11-21/h3-10,13-14H,12H2,1-2H3,(H,22,25)(H,23,24). The lowest BCUT2D eigenvalue weighted by Crippen LogP contribution is -2.37. The lowest BCUT2D eigenvalue weighted by molar-refractivity contribution is -0.139. The van der Waals surface area contributed by atoms with Crippen LogP contribution in [0.3, 0.4) is 0 Å². The molecule has 7 heteroatoms. The third-order valence-corrected chi connectivity index (χ3v) is 3.78. The number of nitriles is 1. The second kappa shape index (κ2) is 9.25. The van der Waals surface area contributed by atoms with E-state index in [1.165, 1.54) is 0 Å². The van der Waals surface area contributed by atoms with Gasteiger partial charge in [-0.3, -0.25) is 4.79 Å². The largest absolute Gasteiger partial charge is 0.482 e. The van der Waals surface area contributed by atoms with Gasteiger partial charge in [0.15, 0.2) is 12.7 Å². The summed E-state index contributed by atoms with van der Waals surface area (Å²) in [5, 5.41) is 20.5. The van der Waals surface area contributed by atoms with Crippen LogP contribution < -0.4 is 14.8 Å². The summed E-state index contributed by atoms with van der Waals surface area (Å²) in [6.45, 7) is 3.02. The number of hydrogen-bond donors (Lipinski definition) is 2. The monoisotopic (exact) mass is 368 g/mol. The van der Waals surface area contributed by atoms with Crippen LogP contribution in [0.1, 0.15) is 31.0 Å². The molecule has 7 nitrogen and oxygen atoms in total. The van der Waals surface area contributed by atoms with Crippen molar-refractivity contribution in [3.05, 3.63) is 59.7 Å². The molecule has 2 rings (SSSR count). The molecule has 0 saturated carbocycles. The number of para-hydroxylation sites is 1. The molecule has 1 amide bonds. The molecule has 2 aromatic rings. The zero-order valence-electron chi connectivity index (χ0n) is 15.0. The highest BCUT2D eigenvalue weighted by atomic mass is 16.5. The van der Waals surface area contributed by atoms with Gasteiger partial charge in [0.25, 0.3) is 5.91 Å². The van der Waals surface area contributed by atoms with Crippen molar-refractivity contribution in [3.63, 3.8) is 0 Å². The summed E-state index contributed by atoms with van der Waals surface area (Å²) in [4.78, 5) is 22.9. The Kier molecular flexibility index (Phi) is 6.78. The van der Waals surface area contributed by atoms with E-state index in [9.17, 15) is 9.59 Å². The van der Waals surface area contributed by atoms with E-state index in [0.717, 1.165) is 5.56 Å². The number of nitrogens with one attached hydrogen (secondary N) is 1. The fourth-order valence-corrected chi connectivity index (χ4v) is 2.32. The molecule has 0 aromatic heterocycles. The van der Waals surface area contributed by atoms with Crippen LogP contribution in [0.15, 0.2) is 48.5 Å². The van der Waals surface area contributed by atoms with Crippen molar-refractivity contribution in [2.24, 2.45) is 0 Å². The smallest absolute Gasteiger partial charge is 0.341 e. The fraction of sp³-hybridized carbons (Fsp3) is 0.250. The van der Waals surface area contributed by atoms with Crippen molar-refractivity contribution in [1.29, 1.82) is 5.26 Å². The summed E-state index contributed by atoms with van der Waals surface area (Å²) in [6.07, 6.45) is -0.778. The summed E-state index contributed by atoms with van der Waals surface area (Å²) in [7, 11) is 0. The maximum absolute atomic E-state index is 12.4. The molecule has 0 bridgehead atoms. The van der Waals surface area contributed by atoms with E-state index >= 15 is 0 Å². The summed E-state index contributed by atoms with van der Waals surface area (Å²) in [5.74, 6) is -0.576. The summed E-state index contributed by atoms with van der Waals surface area (Å²) in [6, 6.07) is 15.2. The van der Waals surface area contributed by atoms with Crippen LogP contribution in [0.25, 0.3) is 0 Å². The van der Waals surface area contributed by atoms with Gasteiger partial charge in [-0.15, -0.1) is 0 Å². The Hall–Kier alpha value is -3.53. The number of amides is 1. The molecule has 0 aliphatic rings. The average molecular weight is 368 g/mol. The SMILES string of the molecule is CC(Oc1ccccc1C#N)C(=O)NC(C)c1ccc(OCC(=O)O)cc1. The number of nitrogens with zero attached hydrogens (tertiary/aromatic N) is 1. The van der Waals surface area contributed by atoms with Crippen molar-refractivity contribution in [1.82, 2.24) is 5.32 Å². The Balaban J connectivity index is 1.94. The minimum Gasteiger partial charge on any atom is -0.482 e. The fourth-order valence-electron chi connectivity index (χ4n) is 2.32. The molecule has 27 heavy (non-hydrogen) atoms. The average Bonchev–Trinajstić information content (AvgIpc) is 2.67. The van der Waals surface area contributed by atoms with Crippen LogP contribution >= 0.6 is 0 Å². The number of ether oxygens (including phenoxy) is 2. The van der Waals surface area contributed by atoms with Crippen molar-refractivity contribution in [2.75, 3.05) is 6.61 Å². The van der Waals surface area contributed by atoms with E-state index in [0.29, 0.717) is 17.1 Å². The van der Waals surface area contributed by atoms with Crippen molar-refractivity contribution in [2.45, 2.75) is 26.0 Å². The highest BCUT2D eigenvalue weighted by molar-refractivity contribution is 5.81. The third-order valence-electron chi connectivity index (χ3n) is 3.78. The number of carbonyl (C=O) groups is 2. The zero-order valence-corrected chi connectivity index (χ0v) is 15.0. The van der Waals surface area contributed by atoms with Gasteiger partial charge in [0.1, 0.15) is 17.6 Å². The number of carboxylic acid groups (broad SMARTS) is 1. The topological polar surface area (TPSA) is 109 Å². The van der Waals surface area contributed by atoms with Crippen LogP contribution in [0, 0.1) is 11.3 Å². The van der Waals surface area contributed by atoms with Crippen LogP contribution in [0.4, 0.5) is 0 Å². The van der Waals surface area contributed by atoms with E-state index in [4.69, 9.17) is 19.8 Å². The number of rotatable bonds is 8. The van der Waals surface area contributed by atoms with Gasteiger partial charge in [-0.1, -0.05) is 24.3 Å². The van der Waals surface area contributed by atoms with E-state index in [1.807, 2.05) is 13.0 Å². The van der Waals surface area contributed by atoms with Gasteiger partial charge in [-0.2, -0.15) is 5.26 Å². The molecule has 0 heterocycles. The molecule has 2 aromatic carbocycles. The van der Waals surface area contributed by atoms with E-state index in [2.05, 4.69) is 5.32 Å². The summed E-state index contributed by atoms with van der Waals surface area (Å²) >= 11 is 0. The molecule has 2 N–H and O–H groups in total. The molecule has 0 aliphatic heterocycles. The van der Waals surface area contributed by atoms with Gasteiger partial charge in [0.2, 0.25) is 0 Å². The Morgan fingerprint density at radius 2 is 1.81 bits per heavy atom. The van der Waals surface area contributed by atoms with Gasteiger partial charge >= 0.3 is 5.97 Å². The zero-order chi connectivity index (χ0) is 19.8. The Bertz CT molecular complexity index is 842. The lowest BCUT2D eigenvalue weighted by atomic mass is 10.1. The number of aliphatic carboxylic acids is 1. The van der Waals surface area contributed by atoms with Crippen molar-refractivity contribution < 1.29 is 24.2 Å². The second-order valence-corrected chi connectivity index (χ2v) is 5.85. The highest BCUT2D eigenvalue weighted by Crippen LogP contribution is 2.20. The maximum atomic E-state index is 12.4. The third kappa shape index (κ3) is 5.75. The van der Waals surface area contributed by atoms with Crippen LogP contribution in [0.5, 0.6) is 11.5 Å². The minimum absolute atomic E-state index is 0.289. The number of hydrogen-bond acceptors (Lipinski definition) is 5. The molecular weight excluding hydrogens is 348 g/mol. The highest BCUT2D eigenvalue weighted by Gasteiger charge is 2.19.